The fraction of sp³-hybridized carbons (Fsp3) is 0.471. The van der Waals surface area contributed by atoms with E-state index in [1.165, 1.54) is 4.80 Å². The Labute approximate surface area is 141 Å². The minimum Gasteiger partial charge on any atom is -0.497 e. The van der Waals surface area contributed by atoms with Gasteiger partial charge in [0.05, 0.1) is 12.8 Å². The number of nitrogens with zero attached hydrogens (tertiary/aromatic N) is 5. The van der Waals surface area contributed by atoms with Gasteiger partial charge in [-0.2, -0.15) is 5.26 Å². The minimum atomic E-state index is 0.132. The van der Waals surface area contributed by atoms with Crippen LogP contribution in [0.1, 0.15) is 31.4 Å². The van der Waals surface area contributed by atoms with Gasteiger partial charge in [0, 0.05) is 25.3 Å². The molecule has 1 aliphatic rings. The molecule has 0 bridgehead atoms. The number of nitriles is 1. The van der Waals surface area contributed by atoms with Crippen molar-refractivity contribution in [2.24, 2.45) is 0 Å². The van der Waals surface area contributed by atoms with E-state index in [9.17, 15) is 10.4 Å². The van der Waals surface area contributed by atoms with Crippen molar-refractivity contribution in [3.05, 3.63) is 30.0 Å². The molecule has 7 nitrogen and oxygen atoms in total. The third-order valence-electron chi connectivity index (χ3n) is 4.35. The third kappa shape index (κ3) is 3.19. The number of benzene rings is 1. The fourth-order valence-electron chi connectivity index (χ4n) is 3.14. The minimum absolute atomic E-state index is 0.132. The number of hydrogen-bond acceptors (Lipinski definition) is 6. The van der Waals surface area contributed by atoms with Gasteiger partial charge >= 0.3 is 0 Å². The number of methoxy groups -OCH3 is 1. The van der Waals surface area contributed by atoms with Crippen LogP contribution >= 0.6 is 0 Å². The molecule has 1 aromatic heterocycles. The van der Waals surface area contributed by atoms with Crippen molar-refractivity contribution in [1.29, 1.82) is 5.26 Å². The number of aliphatic hydroxyl groups excluding tert-OH is 1. The molecule has 1 unspecified atom stereocenters. The number of aliphatic hydroxyl groups is 1. The van der Waals surface area contributed by atoms with Gasteiger partial charge in [0.15, 0.2) is 5.82 Å². The lowest BCUT2D eigenvalue weighted by Gasteiger charge is -2.35. The second kappa shape index (κ2) is 7.32. The summed E-state index contributed by atoms with van der Waals surface area (Å²) in [4.78, 5) is 3.59. The lowest BCUT2D eigenvalue weighted by atomic mass is 9.99. The van der Waals surface area contributed by atoms with Crippen LogP contribution in [-0.2, 0) is 0 Å². The summed E-state index contributed by atoms with van der Waals surface area (Å²) in [5.41, 5.74) is 1.05. The number of hydrogen-bond donors (Lipinski definition) is 1. The number of anilines is 1. The number of rotatable bonds is 5. The number of ether oxygens (including phenoxy) is 1. The Morgan fingerprint density at radius 3 is 3.00 bits per heavy atom. The second-order valence-electron chi connectivity index (χ2n) is 5.83. The standard InChI is InChI=1S/C17H21N5O2/c1-24-15-7-4-6-14(11-15)22-19-16(12-18)17(20-22)21-9-3-2-5-13(21)8-10-23/h4,6-7,11,13,23H,2-3,5,8-10H2,1H3. The number of aromatic nitrogens is 3. The Balaban J connectivity index is 1.96. The van der Waals surface area contributed by atoms with Crippen LogP contribution in [0.15, 0.2) is 24.3 Å². The summed E-state index contributed by atoms with van der Waals surface area (Å²) in [6.07, 6.45) is 3.86. The Kier molecular flexibility index (Phi) is 4.96. The molecule has 1 fully saturated rings. The molecule has 3 rings (SSSR count). The van der Waals surface area contributed by atoms with Crippen molar-refractivity contribution in [1.82, 2.24) is 15.0 Å². The second-order valence-corrected chi connectivity index (χ2v) is 5.83. The van der Waals surface area contributed by atoms with Gasteiger partial charge in [0.25, 0.3) is 0 Å². The molecule has 2 heterocycles. The van der Waals surface area contributed by atoms with E-state index in [1.807, 2.05) is 24.3 Å². The van der Waals surface area contributed by atoms with Gasteiger partial charge in [-0.1, -0.05) is 6.07 Å². The Bertz CT molecular complexity index is 735. The quantitative estimate of drug-likeness (QED) is 0.902. The van der Waals surface area contributed by atoms with Crippen molar-refractivity contribution < 1.29 is 9.84 Å². The summed E-state index contributed by atoms with van der Waals surface area (Å²) in [5, 5.41) is 27.6. The zero-order valence-corrected chi connectivity index (χ0v) is 13.7. The molecular weight excluding hydrogens is 306 g/mol. The average Bonchev–Trinajstić information content (AvgIpc) is 3.07. The van der Waals surface area contributed by atoms with Crippen molar-refractivity contribution in [3.63, 3.8) is 0 Å². The lowest BCUT2D eigenvalue weighted by Crippen LogP contribution is -2.40. The zero-order chi connectivity index (χ0) is 16.9. The molecule has 0 saturated carbocycles. The maximum absolute atomic E-state index is 9.46. The molecule has 24 heavy (non-hydrogen) atoms. The first-order valence-corrected chi connectivity index (χ1v) is 8.16. The first kappa shape index (κ1) is 16.3. The van der Waals surface area contributed by atoms with E-state index in [0.717, 1.165) is 31.5 Å². The molecule has 0 spiro atoms. The van der Waals surface area contributed by atoms with E-state index in [1.54, 1.807) is 7.11 Å². The summed E-state index contributed by atoms with van der Waals surface area (Å²) in [6, 6.07) is 9.75. The maximum Gasteiger partial charge on any atom is 0.207 e. The summed E-state index contributed by atoms with van der Waals surface area (Å²) in [7, 11) is 1.61. The van der Waals surface area contributed by atoms with E-state index in [0.29, 0.717) is 23.7 Å². The van der Waals surface area contributed by atoms with Crippen LogP contribution in [0.25, 0.3) is 5.69 Å². The lowest BCUT2D eigenvalue weighted by molar-refractivity contribution is 0.262. The smallest absolute Gasteiger partial charge is 0.207 e. The largest absolute Gasteiger partial charge is 0.497 e. The zero-order valence-electron chi connectivity index (χ0n) is 13.7. The normalized spacial score (nSPS) is 17.5. The Hall–Kier alpha value is -2.59. The maximum atomic E-state index is 9.46. The van der Waals surface area contributed by atoms with E-state index in [-0.39, 0.29) is 12.6 Å². The van der Waals surface area contributed by atoms with Crippen LogP contribution in [-0.4, -0.2) is 46.4 Å². The topological polar surface area (TPSA) is 87.2 Å². The first-order valence-electron chi connectivity index (χ1n) is 8.16. The van der Waals surface area contributed by atoms with Gasteiger partial charge < -0.3 is 14.7 Å². The molecule has 1 N–H and O–H groups in total. The van der Waals surface area contributed by atoms with Gasteiger partial charge in [0.1, 0.15) is 11.8 Å². The summed E-state index contributed by atoms with van der Waals surface area (Å²) < 4.78 is 5.23. The highest BCUT2D eigenvalue weighted by Crippen LogP contribution is 2.27. The molecule has 1 aliphatic heterocycles. The molecule has 1 atom stereocenters. The van der Waals surface area contributed by atoms with Gasteiger partial charge in [0.2, 0.25) is 5.69 Å². The van der Waals surface area contributed by atoms with E-state index >= 15 is 0 Å². The van der Waals surface area contributed by atoms with Crippen LogP contribution in [0.4, 0.5) is 5.82 Å². The van der Waals surface area contributed by atoms with Gasteiger partial charge in [-0.25, -0.2) is 0 Å². The van der Waals surface area contributed by atoms with Crippen LogP contribution in [0.2, 0.25) is 0 Å². The molecule has 7 heteroatoms. The van der Waals surface area contributed by atoms with Crippen LogP contribution in [0, 0.1) is 11.3 Å². The predicted molar refractivity (Wildman–Crippen MR) is 89.3 cm³/mol. The van der Waals surface area contributed by atoms with E-state index in [4.69, 9.17) is 4.74 Å². The van der Waals surface area contributed by atoms with Crippen molar-refractivity contribution >= 4 is 5.82 Å². The van der Waals surface area contributed by atoms with Crippen molar-refractivity contribution in [3.8, 4) is 17.5 Å². The SMILES string of the molecule is COc1cccc(-n2nc(C#N)c(N3CCCCC3CCO)n2)c1. The third-order valence-corrected chi connectivity index (χ3v) is 4.35. The highest BCUT2D eigenvalue weighted by atomic mass is 16.5. The molecule has 0 radical (unpaired) electrons. The van der Waals surface area contributed by atoms with E-state index < -0.39 is 0 Å². The average molecular weight is 327 g/mol. The van der Waals surface area contributed by atoms with Gasteiger partial charge in [-0.05, 0) is 37.8 Å². The number of piperidine rings is 1. The molecular formula is C17H21N5O2. The van der Waals surface area contributed by atoms with Crippen LogP contribution < -0.4 is 9.64 Å². The fourth-order valence-corrected chi connectivity index (χ4v) is 3.14. The Morgan fingerprint density at radius 2 is 2.25 bits per heavy atom. The van der Waals surface area contributed by atoms with Crippen LogP contribution in [0.3, 0.4) is 0 Å². The van der Waals surface area contributed by atoms with E-state index in [2.05, 4.69) is 21.2 Å². The molecule has 126 valence electrons. The van der Waals surface area contributed by atoms with Crippen LogP contribution in [0.5, 0.6) is 5.75 Å². The van der Waals surface area contributed by atoms with Gasteiger partial charge in [-0.15, -0.1) is 15.0 Å². The molecule has 0 amide bonds. The van der Waals surface area contributed by atoms with Crippen molar-refractivity contribution in [2.45, 2.75) is 31.7 Å². The summed E-state index contributed by atoms with van der Waals surface area (Å²) >= 11 is 0. The predicted octanol–water partition coefficient (Wildman–Crippen LogP) is 1.89. The van der Waals surface area contributed by atoms with Crippen molar-refractivity contribution in [2.75, 3.05) is 25.2 Å². The first-order chi connectivity index (χ1) is 11.8. The molecule has 2 aromatic rings. The van der Waals surface area contributed by atoms with Gasteiger partial charge in [-0.3, -0.25) is 0 Å². The highest BCUT2D eigenvalue weighted by molar-refractivity contribution is 5.51. The highest BCUT2D eigenvalue weighted by Gasteiger charge is 2.27. The monoisotopic (exact) mass is 327 g/mol. The molecule has 1 saturated heterocycles. The Morgan fingerprint density at radius 1 is 1.38 bits per heavy atom. The molecule has 0 aliphatic carbocycles. The summed E-state index contributed by atoms with van der Waals surface area (Å²) in [5.74, 6) is 1.31. The summed E-state index contributed by atoms with van der Waals surface area (Å²) in [6.45, 7) is 0.962. The molecule has 1 aromatic carbocycles.